The average Bonchev–Trinajstić information content (AvgIpc) is 3.70. The van der Waals surface area contributed by atoms with Gasteiger partial charge in [0.2, 0.25) is 0 Å². The Morgan fingerprint density at radius 2 is 1.46 bits per heavy atom. The molecule has 9 heteroatoms. The van der Waals surface area contributed by atoms with Crippen LogP contribution >= 0.6 is 0 Å². The van der Waals surface area contributed by atoms with E-state index in [0.29, 0.717) is 19.3 Å². The Bertz CT molecular complexity index is 894. The lowest BCUT2D eigenvalue weighted by Crippen LogP contribution is -2.30. The van der Waals surface area contributed by atoms with Gasteiger partial charge in [-0.05, 0) is 50.7 Å². The monoisotopic (exact) mass is 524 g/mol. The Kier molecular flexibility index (Phi) is 13.4. The fraction of sp³-hybridized carbons (Fsp3) is 0.643. The van der Waals surface area contributed by atoms with Crippen molar-refractivity contribution in [3.05, 3.63) is 41.5 Å². The maximum atomic E-state index is 13.2. The number of aldehydes is 1. The number of unbranched alkanes of at least 4 members (excludes halogenated alkanes) is 11. The first kappa shape index (κ1) is 30.5. The predicted octanol–water partition coefficient (Wildman–Crippen LogP) is 8.25. The Morgan fingerprint density at radius 1 is 0.892 bits per heavy atom. The summed E-state index contributed by atoms with van der Waals surface area (Å²) in [6.07, 6.45) is 15.0. The maximum absolute atomic E-state index is 13.2. The van der Waals surface area contributed by atoms with E-state index in [0.717, 1.165) is 70.6 Å². The molecule has 6 nitrogen and oxygen atoms in total. The van der Waals surface area contributed by atoms with Gasteiger partial charge >= 0.3 is 17.8 Å². The van der Waals surface area contributed by atoms with Crippen LogP contribution in [0.2, 0.25) is 0 Å². The molecule has 0 fully saturated rings. The molecule has 0 aliphatic carbocycles. The number of nitrogens with zero attached hydrogens (tertiary/aromatic N) is 2. The number of ether oxygens (including phenoxy) is 2. The topological polar surface area (TPSA) is 77.3 Å². The van der Waals surface area contributed by atoms with Crippen molar-refractivity contribution in [1.29, 1.82) is 0 Å². The number of halogens is 3. The molecule has 1 aliphatic rings. The molecule has 1 aromatic carbocycles. The van der Waals surface area contributed by atoms with Crippen molar-refractivity contribution >= 4 is 12.3 Å². The summed E-state index contributed by atoms with van der Waals surface area (Å²) in [5, 5.41) is 6.40. The summed E-state index contributed by atoms with van der Waals surface area (Å²) in [7, 11) is 1.42. The highest BCUT2D eigenvalue weighted by Crippen LogP contribution is 2.52. The van der Waals surface area contributed by atoms with Crippen LogP contribution in [0.3, 0.4) is 0 Å². The van der Waals surface area contributed by atoms with Gasteiger partial charge in [-0.15, -0.1) is 10.2 Å². The molecule has 0 aromatic heterocycles. The summed E-state index contributed by atoms with van der Waals surface area (Å²) in [6.45, 7) is 0.339. The quantitative estimate of drug-likeness (QED) is 0.0745. The van der Waals surface area contributed by atoms with Gasteiger partial charge in [0.05, 0.1) is 19.3 Å². The Labute approximate surface area is 217 Å². The number of allylic oxidation sites excluding steroid dienone is 2. The van der Waals surface area contributed by atoms with Crippen LogP contribution in [0.1, 0.15) is 106 Å². The number of esters is 1. The predicted molar refractivity (Wildman–Crippen MR) is 136 cm³/mol. The zero-order valence-corrected chi connectivity index (χ0v) is 21.7. The number of rotatable bonds is 20. The normalized spacial score (nSPS) is 14.2. The highest BCUT2D eigenvalue weighted by Gasteiger charge is 2.65. The van der Waals surface area contributed by atoms with Crippen LogP contribution in [-0.2, 0) is 15.2 Å². The molecule has 1 aliphatic heterocycles. The lowest BCUT2D eigenvalue weighted by atomic mass is 10.0. The van der Waals surface area contributed by atoms with Gasteiger partial charge in [0, 0.05) is 12.0 Å². The number of benzene rings is 1. The second kappa shape index (κ2) is 16.2. The number of methoxy groups -OCH3 is 1. The highest BCUT2D eigenvalue weighted by molar-refractivity contribution is 5.79. The van der Waals surface area contributed by atoms with Crippen molar-refractivity contribution in [3.63, 3.8) is 0 Å². The summed E-state index contributed by atoms with van der Waals surface area (Å²) in [4.78, 5) is 22.3. The molecule has 1 aromatic rings. The summed E-state index contributed by atoms with van der Waals surface area (Å²) < 4.78 is 49.9. The molecular formula is C28H39F3N2O4. The van der Waals surface area contributed by atoms with Gasteiger partial charge in [-0.1, -0.05) is 63.2 Å². The number of alkyl halides is 3. The Hall–Kier alpha value is -2.71. The van der Waals surface area contributed by atoms with Crippen LogP contribution in [0.15, 0.2) is 40.6 Å². The molecule has 0 bridgehead atoms. The molecule has 0 amide bonds. The fourth-order valence-corrected chi connectivity index (χ4v) is 4.07. The Balaban J connectivity index is 1.47. The lowest BCUT2D eigenvalue weighted by molar-refractivity contribution is -0.166. The maximum Gasteiger partial charge on any atom is 0.442 e. The van der Waals surface area contributed by atoms with Gasteiger partial charge in [-0.2, -0.15) is 13.2 Å². The van der Waals surface area contributed by atoms with E-state index in [9.17, 15) is 22.8 Å². The van der Waals surface area contributed by atoms with Gasteiger partial charge < -0.3 is 9.47 Å². The molecule has 1 heterocycles. The van der Waals surface area contributed by atoms with Crippen molar-refractivity contribution in [1.82, 2.24) is 0 Å². The van der Waals surface area contributed by atoms with Crippen LogP contribution in [0.5, 0.6) is 5.75 Å². The molecule has 0 atom stereocenters. The largest absolute Gasteiger partial charge is 0.493 e. The number of carbonyl (C=O) groups excluding carboxylic acids is 2. The molecule has 2 rings (SSSR count). The SMILES string of the molecule is COC(=O)CCCCCCC/C=C\CCCCCCCCOc1cc(C2(C(F)(F)F)N=N2)ccc1C=O. The molecule has 0 unspecified atom stereocenters. The van der Waals surface area contributed by atoms with E-state index in [1.54, 1.807) is 0 Å². The second-order valence-electron chi connectivity index (χ2n) is 9.35. The zero-order chi connectivity index (χ0) is 27.0. The Morgan fingerprint density at radius 3 is 2.00 bits per heavy atom. The molecule has 0 saturated carbocycles. The van der Waals surface area contributed by atoms with Crippen molar-refractivity contribution in [3.8, 4) is 5.75 Å². The first-order chi connectivity index (χ1) is 17.8. The van der Waals surface area contributed by atoms with Crippen LogP contribution in [0.4, 0.5) is 13.2 Å². The molecule has 0 saturated heterocycles. The van der Waals surface area contributed by atoms with Gasteiger partial charge in [-0.25, -0.2) is 0 Å². The number of hydrogen-bond acceptors (Lipinski definition) is 6. The molecular weight excluding hydrogens is 485 g/mol. The summed E-state index contributed by atoms with van der Waals surface area (Å²) in [6, 6.07) is 3.76. The molecule has 206 valence electrons. The third-order valence-electron chi connectivity index (χ3n) is 6.41. The minimum Gasteiger partial charge on any atom is -0.493 e. The van der Waals surface area contributed by atoms with Crippen LogP contribution in [-0.4, -0.2) is 32.1 Å². The van der Waals surface area contributed by atoms with E-state index in [2.05, 4.69) is 27.1 Å². The standard InChI is InChI=1S/C28H39F3N2O4/c1-36-26(35)17-15-13-11-9-7-5-3-2-4-6-8-10-12-14-16-20-37-25-21-24(19-18-23(25)22-34)27(32-33-27)28(29,30)31/h2-3,18-19,21-22H,4-17,20H2,1H3/b3-2-. The van der Waals surface area contributed by atoms with Crippen LogP contribution in [0.25, 0.3) is 0 Å². The smallest absolute Gasteiger partial charge is 0.442 e. The van der Waals surface area contributed by atoms with Crippen molar-refractivity contribution < 1.29 is 32.2 Å². The van der Waals surface area contributed by atoms with E-state index < -0.39 is 11.8 Å². The van der Waals surface area contributed by atoms with Gasteiger partial charge in [0.1, 0.15) is 5.75 Å². The van der Waals surface area contributed by atoms with E-state index in [4.69, 9.17) is 4.74 Å². The van der Waals surface area contributed by atoms with E-state index in [-0.39, 0.29) is 22.8 Å². The first-order valence-corrected chi connectivity index (χ1v) is 13.3. The fourth-order valence-electron chi connectivity index (χ4n) is 4.07. The highest BCUT2D eigenvalue weighted by atomic mass is 19.4. The third-order valence-corrected chi connectivity index (χ3v) is 6.41. The third kappa shape index (κ3) is 10.7. The average molecular weight is 525 g/mol. The van der Waals surface area contributed by atoms with E-state index in [1.807, 2.05) is 0 Å². The summed E-state index contributed by atoms with van der Waals surface area (Å²) in [5.41, 5.74) is -2.44. The summed E-state index contributed by atoms with van der Waals surface area (Å²) >= 11 is 0. The minimum atomic E-state index is -4.61. The lowest BCUT2D eigenvalue weighted by Gasteiger charge is -2.16. The van der Waals surface area contributed by atoms with E-state index >= 15 is 0 Å². The zero-order valence-electron chi connectivity index (χ0n) is 21.7. The van der Waals surface area contributed by atoms with Crippen molar-refractivity contribution in [2.75, 3.05) is 13.7 Å². The van der Waals surface area contributed by atoms with Gasteiger partial charge in [0.15, 0.2) is 6.29 Å². The molecule has 37 heavy (non-hydrogen) atoms. The number of carbonyl (C=O) groups is 2. The van der Waals surface area contributed by atoms with E-state index in [1.165, 1.54) is 38.2 Å². The van der Waals surface area contributed by atoms with Gasteiger partial charge in [0.25, 0.3) is 0 Å². The molecule has 0 N–H and O–H groups in total. The minimum absolute atomic E-state index is 0.126. The second-order valence-corrected chi connectivity index (χ2v) is 9.35. The van der Waals surface area contributed by atoms with Crippen molar-refractivity contribution in [2.24, 2.45) is 10.2 Å². The van der Waals surface area contributed by atoms with Crippen LogP contribution in [0, 0.1) is 0 Å². The molecule has 0 spiro atoms. The number of hydrogen-bond donors (Lipinski definition) is 0. The van der Waals surface area contributed by atoms with Gasteiger partial charge in [-0.3, -0.25) is 9.59 Å². The summed E-state index contributed by atoms with van der Waals surface area (Å²) in [5.74, 6) is 0.0116. The van der Waals surface area contributed by atoms with Crippen LogP contribution < -0.4 is 4.74 Å². The first-order valence-electron chi connectivity index (χ1n) is 13.3. The van der Waals surface area contributed by atoms with Crippen molar-refractivity contribution in [2.45, 2.75) is 102 Å². The molecule has 0 radical (unpaired) electrons.